The first kappa shape index (κ1) is 18.2. The molecule has 134 valence electrons. The number of amides is 1. The fourth-order valence-corrected chi connectivity index (χ4v) is 3.38. The number of hydrogen-bond donors (Lipinski definition) is 1. The van der Waals surface area contributed by atoms with E-state index < -0.39 is 0 Å². The molecule has 0 saturated carbocycles. The lowest BCUT2D eigenvalue weighted by Crippen LogP contribution is -2.14. The van der Waals surface area contributed by atoms with E-state index in [0.29, 0.717) is 15.9 Å². The third-order valence-electron chi connectivity index (χ3n) is 3.73. The van der Waals surface area contributed by atoms with Gasteiger partial charge in [-0.25, -0.2) is 4.98 Å². The summed E-state index contributed by atoms with van der Waals surface area (Å²) in [6.45, 7) is 0. The molecule has 0 bridgehead atoms. The van der Waals surface area contributed by atoms with Crippen LogP contribution in [0.15, 0.2) is 47.8 Å². The number of thiazole rings is 1. The second kappa shape index (κ2) is 8.21. The Morgan fingerprint density at radius 2 is 1.92 bits per heavy atom. The molecule has 1 heterocycles. The molecule has 1 N–H and O–H groups in total. The number of anilines is 1. The van der Waals surface area contributed by atoms with Crippen LogP contribution in [0.1, 0.15) is 5.56 Å². The predicted octanol–water partition coefficient (Wildman–Crippen LogP) is 4.66. The van der Waals surface area contributed by atoms with Gasteiger partial charge in [0.25, 0.3) is 0 Å². The van der Waals surface area contributed by atoms with Crippen molar-refractivity contribution in [1.29, 1.82) is 0 Å². The summed E-state index contributed by atoms with van der Waals surface area (Å²) in [6.07, 6.45) is 0.154. The van der Waals surface area contributed by atoms with Crippen LogP contribution in [0.2, 0.25) is 5.02 Å². The summed E-state index contributed by atoms with van der Waals surface area (Å²) < 4.78 is 10.4. The summed E-state index contributed by atoms with van der Waals surface area (Å²) in [5.74, 6) is 1.23. The molecule has 7 heteroatoms. The quantitative estimate of drug-likeness (QED) is 0.667. The molecular formula is C19H17ClN2O3S. The second-order valence-corrected chi connectivity index (χ2v) is 6.74. The monoisotopic (exact) mass is 388 g/mol. The van der Waals surface area contributed by atoms with Gasteiger partial charge in [0.05, 0.1) is 26.3 Å². The van der Waals surface area contributed by atoms with E-state index in [4.69, 9.17) is 21.1 Å². The standard InChI is InChI=1S/C19H17ClN2O3S/c1-24-15-6-3-12(4-7-15)16-11-26-19(21-16)22-18(23)10-13-9-14(20)5-8-17(13)25-2/h3-9,11H,10H2,1-2H3,(H,21,22,23). The topological polar surface area (TPSA) is 60.5 Å². The highest BCUT2D eigenvalue weighted by molar-refractivity contribution is 7.14. The molecule has 2 aromatic carbocycles. The number of ether oxygens (including phenoxy) is 2. The zero-order valence-corrected chi connectivity index (χ0v) is 15.9. The lowest BCUT2D eigenvalue weighted by atomic mass is 10.1. The van der Waals surface area contributed by atoms with Crippen LogP contribution in [-0.2, 0) is 11.2 Å². The molecule has 0 saturated heterocycles. The largest absolute Gasteiger partial charge is 0.497 e. The summed E-state index contributed by atoms with van der Waals surface area (Å²) in [7, 11) is 3.19. The van der Waals surface area contributed by atoms with E-state index in [9.17, 15) is 4.79 Å². The Balaban J connectivity index is 1.69. The zero-order chi connectivity index (χ0) is 18.5. The maximum absolute atomic E-state index is 12.3. The molecule has 0 fully saturated rings. The molecule has 0 atom stereocenters. The van der Waals surface area contributed by atoms with Crippen LogP contribution in [0.5, 0.6) is 11.5 Å². The van der Waals surface area contributed by atoms with Gasteiger partial charge in [0.1, 0.15) is 11.5 Å². The lowest BCUT2D eigenvalue weighted by Gasteiger charge is -2.08. The molecule has 0 spiro atoms. The average molecular weight is 389 g/mol. The molecule has 0 radical (unpaired) electrons. The van der Waals surface area contributed by atoms with Crippen molar-refractivity contribution in [3.63, 3.8) is 0 Å². The Hall–Kier alpha value is -2.57. The van der Waals surface area contributed by atoms with Gasteiger partial charge in [-0.1, -0.05) is 11.6 Å². The number of benzene rings is 2. The summed E-state index contributed by atoms with van der Waals surface area (Å²) in [4.78, 5) is 16.8. The minimum Gasteiger partial charge on any atom is -0.497 e. The number of methoxy groups -OCH3 is 2. The molecule has 0 aliphatic rings. The van der Waals surface area contributed by atoms with Gasteiger partial charge in [0.2, 0.25) is 5.91 Å². The van der Waals surface area contributed by atoms with Crippen LogP contribution in [0.25, 0.3) is 11.3 Å². The molecular weight excluding hydrogens is 372 g/mol. The van der Waals surface area contributed by atoms with Gasteiger partial charge in [-0.15, -0.1) is 11.3 Å². The first-order valence-corrected chi connectivity index (χ1v) is 9.07. The van der Waals surface area contributed by atoms with Gasteiger partial charge in [0, 0.05) is 21.5 Å². The van der Waals surface area contributed by atoms with Crippen LogP contribution in [0, 0.1) is 0 Å². The Morgan fingerprint density at radius 3 is 2.62 bits per heavy atom. The Morgan fingerprint density at radius 1 is 1.15 bits per heavy atom. The first-order valence-electron chi connectivity index (χ1n) is 7.81. The third-order valence-corrected chi connectivity index (χ3v) is 4.72. The van der Waals surface area contributed by atoms with Crippen molar-refractivity contribution in [2.75, 3.05) is 19.5 Å². The van der Waals surface area contributed by atoms with E-state index in [1.165, 1.54) is 11.3 Å². The SMILES string of the molecule is COc1ccc(-c2csc(NC(=O)Cc3cc(Cl)ccc3OC)n2)cc1. The van der Waals surface area contributed by atoms with Crippen LogP contribution >= 0.6 is 22.9 Å². The molecule has 1 amide bonds. The van der Waals surface area contributed by atoms with Crippen LogP contribution in [-0.4, -0.2) is 25.1 Å². The van der Waals surface area contributed by atoms with Gasteiger partial charge in [0.15, 0.2) is 5.13 Å². The molecule has 0 unspecified atom stereocenters. The van der Waals surface area contributed by atoms with Crippen molar-refractivity contribution in [3.8, 4) is 22.8 Å². The smallest absolute Gasteiger partial charge is 0.230 e. The normalized spacial score (nSPS) is 10.4. The molecule has 3 aromatic rings. The number of aromatic nitrogens is 1. The fraction of sp³-hybridized carbons (Fsp3) is 0.158. The highest BCUT2D eigenvalue weighted by atomic mass is 35.5. The maximum Gasteiger partial charge on any atom is 0.230 e. The summed E-state index contributed by atoms with van der Waals surface area (Å²) in [5, 5.41) is 5.82. The molecule has 26 heavy (non-hydrogen) atoms. The molecule has 5 nitrogen and oxygen atoms in total. The highest BCUT2D eigenvalue weighted by Crippen LogP contribution is 2.27. The first-order chi connectivity index (χ1) is 12.6. The number of nitrogens with zero attached hydrogens (tertiary/aromatic N) is 1. The second-order valence-electron chi connectivity index (χ2n) is 5.45. The van der Waals surface area contributed by atoms with Gasteiger partial charge in [-0.2, -0.15) is 0 Å². The third kappa shape index (κ3) is 4.33. The van der Waals surface area contributed by atoms with Crippen molar-refractivity contribution in [2.24, 2.45) is 0 Å². The summed E-state index contributed by atoms with van der Waals surface area (Å²) in [5.41, 5.74) is 2.48. The van der Waals surface area contributed by atoms with Gasteiger partial charge in [-0.05, 0) is 42.5 Å². The van der Waals surface area contributed by atoms with E-state index >= 15 is 0 Å². The number of carbonyl (C=O) groups excluding carboxylic acids is 1. The molecule has 3 rings (SSSR count). The minimum absolute atomic E-state index is 0.154. The summed E-state index contributed by atoms with van der Waals surface area (Å²) in [6, 6.07) is 12.8. The van der Waals surface area contributed by atoms with E-state index in [2.05, 4.69) is 10.3 Å². The van der Waals surface area contributed by atoms with Crippen molar-refractivity contribution in [1.82, 2.24) is 4.98 Å². The van der Waals surface area contributed by atoms with Crippen LogP contribution in [0.3, 0.4) is 0 Å². The van der Waals surface area contributed by atoms with E-state index in [1.807, 2.05) is 29.6 Å². The van der Waals surface area contributed by atoms with E-state index in [0.717, 1.165) is 22.6 Å². The number of rotatable bonds is 6. The number of carbonyl (C=O) groups is 1. The number of halogens is 1. The average Bonchev–Trinajstić information content (AvgIpc) is 3.10. The highest BCUT2D eigenvalue weighted by Gasteiger charge is 2.12. The van der Waals surface area contributed by atoms with Gasteiger partial charge in [-0.3, -0.25) is 4.79 Å². The fourth-order valence-electron chi connectivity index (χ4n) is 2.45. The zero-order valence-electron chi connectivity index (χ0n) is 14.3. The Bertz CT molecular complexity index is 909. The Labute approximate surface area is 160 Å². The van der Waals surface area contributed by atoms with E-state index in [1.54, 1.807) is 32.4 Å². The van der Waals surface area contributed by atoms with Gasteiger partial charge < -0.3 is 14.8 Å². The Kier molecular flexibility index (Phi) is 5.75. The maximum atomic E-state index is 12.3. The van der Waals surface area contributed by atoms with Crippen LogP contribution < -0.4 is 14.8 Å². The molecule has 0 aliphatic carbocycles. The number of hydrogen-bond acceptors (Lipinski definition) is 5. The molecule has 0 aliphatic heterocycles. The van der Waals surface area contributed by atoms with Crippen LogP contribution in [0.4, 0.5) is 5.13 Å². The van der Waals surface area contributed by atoms with E-state index in [-0.39, 0.29) is 12.3 Å². The number of nitrogens with one attached hydrogen (secondary N) is 1. The van der Waals surface area contributed by atoms with Crippen molar-refractivity contribution < 1.29 is 14.3 Å². The van der Waals surface area contributed by atoms with Crippen molar-refractivity contribution in [3.05, 3.63) is 58.4 Å². The lowest BCUT2D eigenvalue weighted by molar-refractivity contribution is -0.115. The van der Waals surface area contributed by atoms with Crippen molar-refractivity contribution in [2.45, 2.75) is 6.42 Å². The predicted molar refractivity (Wildman–Crippen MR) is 104 cm³/mol. The van der Waals surface area contributed by atoms with Gasteiger partial charge >= 0.3 is 0 Å². The van der Waals surface area contributed by atoms with Crippen molar-refractivity contribution >= 4 is 34.0 Å². The summed E-state index contributed by atoms with van der Waals surface area (Å²) >= 11 is 7.38. The minimum atomic E-state index is -0.179. The molecule has 1 aromatic heterocycles.